The van der Waals surface area contributed by atoms with Crippen LogP contribution in [-0.4, -0.2) is 75.1 Å². The summed E-state index contributed by atoms with van der Waals surface area (Å²) < 4.78 is 5.41. The Morgan fingerprint density at radius 3 is 2.30 bits per heavy atom. The van der Waals surface area contributed by atoms with Gasteiger partial charge in [0, 0.05) is 32.2 Å². The molecule has 0 spiro atoms. The Labute approximate surface area is 166 Å². The molecular formula is C21H41N3O3. The Hall–Kier alpha value is -1.14. The monoisotopic (exact) mass is 383 g/mol. The van der Waals surface area contributed by atoms with Gasteiger partial charge in [-0.3, -0.25) is 9.59 Å². The lowest BCUT2D eigenvalue weighted by Crippen LogP contribution is -2.39. The van der Waals surface area contributed by atoms with Crippen LogP contribution in [0.2, 0.25) is 0 Å². The van der Waals surface area contributed by atoms with E-state index in [1.54, 1.807) is 0 Å². The van der Waals surface area contributed by atoms with E-state index in [9.17, 15) is 9.59 Å². The second-order valence-electron chi connectivity index (χ2n) is 7.83. The van der Waals surface area contributed by atoms with Crippen molar-refractivity contribution >= 4 is 12.3 Å². The van der Waals surface area contributed by atoms with E-state index in [0.29, 0.717) is 13.2 Å². The number of rotatable bonds is 9. The Kier molecular flexibility index (Phi) is 13.2. The fourth-order valence-electron chi connectivity index (χ4n) is 3.48. The van der Waals surface area contributed by atoms with Crippen molar-refractivity contribution in [3.63, 3.8) is 0 Å². The Morgan fingerprint density at radius 1 is 1.07 bits per heavy atom. The number of hydrogen-bond donors (Lipinski definition) is 1. The van der Waals surface area contributed by atoms with Crippen molar-refractivity contribution in [1.82, 2.24) is 15.1 Å². The van der Waals surface area contributed by atoms with Gasteiger partial charge in [0.25, 0.3) is 0 Å². The summed E-state index contributed by atoms with van der Waals surface area (Å²) in [6.45, 7) is 10.5. The zero-order valence-electron chi connectivity index (χ0n) is 17.8. The molecule has 0 aromatic carbocycles. The summed E-state index contributed by atoms with van der Waals surface area (Å²) in [5, 5.41) is 2.96. The average molecular weight is 384 g/mol. The first-order valence-corrected chi connectivity index (χ1v) is 10.8. The molecule has 2 aliphatic rings. The fraction of sp³-hybridized carbons (Fsp3) is 0.905. The number of ether oxygens (including phenoxy) is 1. The predicted octanol–water partition coefficient (Wildman–Crippen LogP) is 2.53. The van der Waals surface area contributed by atoms with Crippen molar-refractivity contribution in [2.45, 2.75) is 58.8 Å². The van der Waals surface area contributed by atoms with E-state index in [4.69, 9.17) is 4.74 Å². The summed E-state index contributed by atoms with van der Waals surface area (Å²) in [6.07, 6.45) is 8.87. The van der Waals surface area contributed by atoms with E-state index in [1.807, 2.05) is 4.90 Å². The topological polar surface area (TPSA) is 61.9 Å². The molecule has 0 aromatic heterocycles. The predicted molar refractivity (Wildman–Crippen MR) is 110 cm³/mol. The van der Waals surface area contributed by atoms with Crippen LogP contribution in [0.3, 0.4) is 0 Å². The van der Waals surface area contributed by atoms with Gasteiger partial charge in [-0.25, -0.2) is 0 Å². The SMILES string of the molecule is CCC1CCN(C=O)CC1.CCCCOCCNC(=O)C1CCN(C)CC1. The lowest BCUT2D eigenvalue weighted by Gasteiger charge is -2.28. The van der Waals surface area contributed by atoms with Crippen LogP contribution in [0, 0.1) is 11.8 Å². The number of nitrogens with one attached hydrogen (secondary N) is 1. The molecule has 2 rings (SSSR count). The van der Waals surface area contributed by atoms with Crippen LogP contribution in [0.15, 0.2) is 0 Å². The van der Waals surface area contributed by atoms with E-state index in [2.05, 4.69) is 31.1 Å². The maximum Gasteiger partial charge on any atom is 0.223 e. The van der Waals surface area contributed by atoms with Crippen LogP contribution in [0.4, 0.5) is 0 Å². The molecule has 0 bridgehead atoms. The molecule has 0 aromatic rings. The van der Waals surface area contributed by atoms with Gasteiger partial charge in [0.1, 0.15) is 0 Å². The standard InChI is InChI=1S/C13H26N2O2.C8H15NO/c1-3-4-10-17-11-7-14-13(16)12-5-8-15(2)9-6-12;1-2-8-3-5-9(7-10)6-4-8/h12H,3-11H2,1-2H3,(H,14,16);7-8H,2-6H2,1H3. The van der Waals surface area contributed by atoms with Crippen molar-refractivity contribution in [2.75, 3.05) is 53.0 Å². The van der Waals surface area contributed by atoms with Crippen molar-refractivity contribution in [3.8, 4) is 0 Å². The van der Waals surface area contributed by atoms with E-state index in [0.717, 1.165) is 70.8 Å². The number of amides is 2. The lowest BCUT2D eigenvalue weighted by molar-refractivity contribution is -0.126. The molecule has 1 N–H and O–H groups in total. The molecule has 0 saturated carbocycles. The van der Waals surface area contributed by atoms with Gasteiger partial charge in [-0.1, -0.05) is 26.7 Å². The highest BCUT2D eigenvalue weighted by molar-refractivity contribution is 5.78. The lowest BCUT2D eigenvalue weighted by atomic mass is 9.95. The van der Waals surface area contributed by atoms with E-state index < -0.39 is 0 Å². The van der Waals surface area contributed by atoms with Gasteiger partial charge in [0.2, 0.25) is 12.3 Å². The molecule has 6 heteroatoms. The maximum absolute atomic E-state index is 11.8. The highest BCUT2D eigenvalue weighted by atomic mass is 16.5. The summed E-state index contributed by atoms with van der Waals surface area (Å²) in [4.78, 5) is 26.2. The summed E-state index contributed by atoms with van der Waals surface area (Å²) in [5.74, 6) is 1.29. The van der Waals surface area contributed by atoms with Gasteiger partial charge in [-0.05, 0) is 58.2 Å². The molecule has 0 unspecified atom stereocenters. The third-order valence-corrected chi connectivity index (χ3v) is 5.65. The normalized spacial score (nSPS) is 19.3. The molecule has 158 valence electrons. The zero-order valence-corrected chi connectivity index (χ0v) is 17.8. The molecule has 2 aliphatic heterocycles. The molecule has 2 amide bonds. The minimum Gasteiger partial charge on any atom is -0.380 e. The summed E-state index contributed by atoms with van der Waals surface area (Å²) in [5.41, 5.74) is 0. The van der Waals surface area contributed by atoms with Gasteiger partial charge < -0.3 is 19.9 Å². The Balaban J connectivity index is 0.000000309. The third kappa shape index (κ3) is 10.7. The number of carbonyl (C=O) groups is 2. The van der Waals surface area contributed by atoms with Gasteiger partial charge in [-0.2, -0.15) is 0 Å². The highest BCUT2D eigenvalue weighted by Gasteiger charge is 2.22. The first-order valence-electron chi connectivity index (χ1n) is 10.8. The van der Waals surface area contributed by atoms with Crippen LogP contribution in [-0.2, 0) is 14.3 Å². The van der Waals surface area contributed by atoms with Crippen LogP contribution in [0.5, 0.6) is 0 Å². The summed E-state index contributed by atoms with van der Waals surface area (Å²) >= 11 is 0. The third-order valence-electron chi connectivity index (χ3n) is 5.65. The number of piperidine rings is 2. The molecule has 2 heterocycles. The Morgan fingerprint density at radius 2 is 1.74 bits per heavy atom. The van der Waals surface area contributed by atoms with Crippen molar-refractivity contribution in [3.05, 3.63) is 0 Å². The first-order chi connectivity index (χ1) is 13.1. The Bertz CT molecular complexity index is 390. The molecule has 6 nitrogen and oxygen atoms in total. The minimum absolute atomic E-state index is 0.206. The van der Waals surface area contributed by atoms with Crippen LogP contribution < -0.4 is 5.32 Å². The van der Waals surface area contributed by atoms with Crippen molar-refractivity contribution in [1.29, 1.82) is 0 Å². The van der Waals surface area contributed by atoms with E-state index in [-0.39, 0.29) is 11.8 Å². The minimum atomic E-state index is 0.206. The molecule has 0 radical (unpaired) electrons. The highest BCUT2D eigenvalue weighted by Crippen LogP contribution is 2.18. The van der Waals surface area contributed by atoms with Crippen LogP contribution in [0.25, 0.3) is 0 Å². The van der Waals surface area contributed by atoms with Gasteiger partial charge >= 0.3 is 0 Å². The zero-order chi connectivity index (χ0) is 19.9. The summed E-state index contributed by atoms with van der Waals surface area (Å²) in [7, 11) is 2.11. The quantitative estimate of drug-likeness (QED) is 0.491. The molecule has 2 fully saturated rings. The van der Waals surface area contributed by atoms with Crippen molar-refractivity contribution < 1.29 is 14.3 Å². The maximum atomic E-state index is 11.8. The first kappa shape index (κ1) is 23.9. The number of likely N-dealkylation sites (tertiary alicyclic amines) is 2. The fourth-order valence-corrected chi connectivity index (χ4v) is 3.48. The van der Waals surface area contributed by atoms with E-state index >= 15 is 0 Å². The number of nitrogens with zero attached hydrogens (tertiary/aromatic N) is 2. The number of unbranched alkanes of at least 4 members (excludes halogenated alkanes) is 1. The van der Waals surface area contributed by atoms with E-state index in [1.165, 1.54) is 19.3 Å². The second-order valence-corrected chi connectivity index (χ2v) is 7.83. The van der Waals surface area contributed by atoms with Gasteiger partial charge in [0.15, 0.2) is 0 Å². The molecule has 2 saturated heterocycles. The van der Waals surface area contributed by atoms with Crippen molar-refractivity contribution in [2.24, 2.45) is 11.8 Å². The van der Waals surface area contributed by atoms with Gasteiger partial charge in [0.05, 0.1) is 6.61 Å². The molecule has 0 atom stereocenters. The smallest absolute Gasteiger partial charge is 0.223 e. The van der Waals surface area contributed by atoms with Crippen LogP contribution in [0.1, 0.15) is 58.8 Å². The largest absolute Gasteiger partial charge is 0.380 e. The second kappa shape index (κ2) is 14.9. The molecule has 27 heavy (non-hydrogen) atoms. The number of carbonyl (C=O) groups excluding carboxylic acids is 2. The van der Waals surface area contributed by atoms with Gasteiger partial charge in [-0.15, -0.1) is 0 Å². The molecule has 0 aliphatic carbocycles. The number of hydrogen-bond acceptors (Lipinski definition) is 4. The molecular weight excluding hydrogens is 342 g/mol. The summed E-state index contributed by atoms with van der Waals surface area (Å²) in [6, 6.07) is 0. The van der Waals surface area contributed by atoms with Crippen LogP contribution >= 0.6 is 0 Å². The average Bonchev–Trinajstić information content (AvgIpc) is 2.71.